The highest BCUT2D eigenvalue weighted by atomic mass is 16.7. The molecular weight excluding hydrogens is 855 g/mol. The first-order valence-corrected chi connectivity index (χ1v) is 31.4. The number of benzene rings is 1. The summed E-state index contributed by atoms with van der Waals surface area (Å²) in [5, 5.41) is 0. The summed E-state index contributed by atoms with van der Waals surface area (Å²) in [5.41, 5.74) is 3.57. The van der Waals surface area contributed by atoms with Crippen LogP contribution in [-0.2, 0) is 16.1 Å². The quantitative estimate of drug-likeness (QED) is 0.306. The highest BCUT2D eigenvalue weighted by Gasteiger charge is 2.35. The van der Waals surface area contributed by atoms with Gasteiger partial charge in [0.05, 0.1) is 25.1 Å². The van der Waals surface area contributed by atoms with Gasteiger partial charge in [-0.1, -0.05) is 319 Å². The number of hydrogen-bond acceptors (Lipinski definition) is 4. The van der Waals surface area contributed by atoms with E-state index in [1.54, 1.807) is 0 Å². The Bertz CT molecular complexity index is 1430. The highest BCUT2D eigenvalue weighted by Crippen LogP contribution is 2.33. The second kappa shape index (κ2) is 44.3. The number of hydrogen-bond donors (Lipinski definition) is 0. The third-order valence-electron chi connectivity index (χ3n) is 16.0. The molecule has 1 saturated heterocycles. The van der Waals surface area contributed by atoms with Crippen molar-refractivity contribution in [1.29, 1.82) is 0 Å². The molecule has 2 aliphatic rings. The Morgan fingerprint density at radius 3 is 1.03 bits per heavy atom. The lowest BCUT2D eigenvalue weighted by Gasteiger charge is -2.26. The average Bonchev–Trinajstić information content (AvgIpc) is 3.86. The summed E-state index contributed by atoms with van der Waals surface area (Å²) in [5.74, 6) is 0.340. The molecule has 400 valence electrons. The first-order valence-electron chi connectivity index (χ1n) is 31.4. The minimum Gasteiger partial charge on any atom is -0.487 e. The molecule has 1 aromatic heterocycles. The molecule has 4 nitrogen and oxygen atoms in total. The Morgan fingerprint density at radius 2 is 0.700 bits per heavy atom. The van der Waals surface area contributed by atoms with Crippen LogP contribution in [0.15, 0.2) is 54.7 Å². The van der Waals surface area contributed by atoms with E-state index >= 15 is 0 Å². The fraction of sp³-hybridized carbons (Fsp3) is 0.803. The number of allylic oxidation sites excluding steroid dienone is 1. The molecule has 1 aromatic carbocycles. The number of pyridine rings is 1. The van der Waals surface area contributed by atoms with Crippen molar-refractivity contribution >= 4 is 5.57 Å². The molecule has 0 bridgehead atoms. The Labute approximate surface area is 434 Å². The average molecular weight is 969 g/mol. The fourth-order valence-corrected chi connectivity index (χ4v) is 11.4. The normalized spacial score (nSPS) is 22.4. The SMILES string of the molecule is C1=C(c2ccc(OCc3ccccc3)cn2)CCCCCCCCCCCCCCCCCCCCCCCCCCCCCCCCCCCCCCCCCCCCCCCCC2(C1)OCCO2. The molecule has 4 rings (SSSR count). The van der Waals surface area contributed by atoms with Gasteiger partial charge in [0, 0.05) is 12.8 Å². The number of ether oxygens (including phenoxy) is 3. The molecular formula is C66H113NO3. The summed E-state index contributed by atoms with van der Waals surface area (Å²) in [6.45, 7) is 1.96. The maximum atomic E-state index is 6.41. The maximum Gasteiger partial charge on any atom is 0.171 e. The van der Waals surface area contributed by atoms with Gasteiger partial charge < -0.3 is 14.2 Å². The number of rotatable bonds is 4. The van der Waals surface area contributed by atoms with Gasteiger partial charge in [-0.15, -0.1) is 0 Å². The molecule has 0 atom stereocenters. The zero-order valence-corrected chi connectivity index (χ0v) is 46.1. The molecule has 0 N–H and O–H groups in total. The summed E-state index contributed by atoms with van der Waals surface area (Å²) >= 11 is 0. The Hall–Kier alpha value is -2.17. The first-order chi connectivity index (χ1) is 34.8. The van der Waals surface area contributed by atoms with Crippen molar-refractivity contribution in [2.24, 2.45) is 0 Å². The minimum absolute atomic E-state index is 0.481. The number of nitrogens with zero attached hydrogens (tertiary/aromatic N) is 1. The molecule has 70 heavy (non-hydrogen) atoms. The summed E-state index contributed by atoms with van der Waals surface area (Å²) in [6, 6.07) is 14.6. The Morgan fingerprint density at radius 1 is 0.371 bits per heavy atom. The van der Waals surface area contributed by atoms with Crippen molar-refractivity contribution in [3.8, 4) is 5.75 Å². The Kier molecular flexibility index (Phi) is 38.2. The van der Waals surface area contributed by atoms with Crippen LogP contribution in [-0.4, -0.2) is 24.0 Å². The van der Waals surface area contributed by atoms with Gasteiger partial charge in [0.25, 0.3) is 0 Å². The summed E-state index contributed by atoms with van der Waals surface area (Å²) in [4.78, 5) is 4.95. The van der Waals surface area contributed by atoms with E-state index in [0.717, 1.165) is 30.7 Å². The molecule has 0 radical (unpaired) electrons. The highest BCUT2D eigenvalue weighted by molar-refractivity contribution is 5.62. The lowest BCUT2D eigenvalue weighted by Crippen LogP contribution is -2.29. The fourth-order valence-electron chi connectivity index (χ4n) is 11.4. The predicted molar refractivity (Wildman–Crippen MR) is 304 cm³/mol. The van der Waals surface area contributed by atoms with Gasteiger partial charge in [-0.2, -0.15) is 0 Å². The van der Waals surface area contributed by atoms with Gasteiger partial charge in [-0.3, -0.25) is 4.98 Å². The van der Waals surface area contributed by atoms with Crippen molar-refractivity contribution in [2.45, 2.75) is 327 Å². The van der Waals surface area contributed by atoms with Crippen molar-refractivity contribution in [2.75, 3.05) is 13.2 Å². The van der Waals surface area contributed by atoms with Gasteiger partial charge in [0.2, 0.25) is 0 Å². The first kappa shape index (κ1) is 60.4. The summed E-state index contributed by atoms with van der Waals surface area (Å²) in [7, 11) is 0. The smallest absolute Gasteiger partial charge is 0.171 e. The van der Waals surface area contributed by atoms with E-state index in [1.165, 1.54) is 306 Å². The van der Waals surface area contributed by atoms with Gasteiger partial charge in [0.1, 0.15) is 12.4 Å². The largest absolute Gasteiger partial charge is 0.487 e. The van der Waals surface area contributed by atoms with Crippen LogP contribution in [0.3, 0.4) is 0 Å². The van der Waals surface area contributed by atoms with Crippen LogP contribution < -0.4 is 4.74 Å². The van der Waals surface area contributed by atoms with Gasteiger partial charge in [-0.05, 0) is 42.5 Å². The molecule has 0 saturated carbocycles. The Balaban J connectivity index is 1.14. The van der Waals surface area contributed by atoms with Crippen LogP contribution >= 0.6 is 0 Å². The monoisotopic (exact) mass is 968 g/mol. The molecule has 1 aliphatic carbocycles. The van der Waals surface area contributed by atoms with Crippen molar-refractivity contribution < 1.29 is 14.2 Å². The molecule has 0 amide bonds. The van der Waals surface area contributed by atoms with Crippen LogP contribution in [0.2, 0.25) is 0 Å². The lowest BCUT2D eigenvalue weighted by molar-refractivity contribution is -0.159. The topological polar surface area (TPSA) is 40.6 Å². The van der Waals surface area contributed by atoms with Crippen molar-refractivity contribution in [1.82, 2.24) is 4.98 Å². The van der Waals surface area contributed by atoms with Crippen LogP contribution in [0.5, 0.6) is 5.75 Å². The standard InChI is InChI=1S/C66H113NO3/c1-2-4-6-8-10-12-14-16-18-20-22-24-26-28-30-32-34-36-38-40-42-44-49-56-66(69-58-59-70-66)57-55-63(65-54-53-64(60-67-65)68-61-62-50-46-45-47-51-62)52-48-43-41-39-37-35-33-31-29-27-25-23-21-19-17-15-13-11-9-7-5-3-1/h45-47,50-51,53-55,60H,1-44,48-49,52,56-59,61H2. The molecule has 2 aromatic rings. The van der Waals surface area contributed by atoms with E-state index in [2.05, 4.69) is 42.5 Å². The third-order valence-corrected chi connectivity index (χ3v) is 16.0. The predicted octanol–water partition coefficient (Wildman–Crippen LogP) is 21.9. The van der Waals surface area contributed by atoms with Gasteiger partial charge in [0.15, 0.2) is 5.79 Å². The molecule has 0 unspecified atom stereocenters. The van der Waals surface area contributed by atoms with Crippen LogP contribution in [0.1, 0.15) is 326 Å². The second-order valence-corrected chi connectivity index (χ2v) is 22.5. The molecule has 1 spiro atoms. The lowest BCUT2D eigenvalue weighted by atomic mass is 9.97. The number of aromatic nitrogens is 1. The van der Waals surface area contributed by atoms with Crippen LogP contribution in [0.4, 0.5) is 0 Å². The van der Waals surface area contributed by atoms with Gasteiger partial charge in [-0.25, -0.2) is 0 Å². The summed E-state index contributed by atoms with van der Waals surface area (Å²) < 4.78 is 18.9. The molecule has 4 heteroatoms. The minimum atomic E-state index is -0.481. The van der Waals surface area contributed by atoms with E-state index < -0.39 is 5.79 Å². The van der Waals surface area contributed by atoms with E-state index in [9.17, 15) is 0 Å². The van der Waals surface area contributed by atoms with Crippen molar-refractivity contribution in [3.63, 3.8) is 0 Å². The van der Waals surface area contributed by atoms with Crippen LogP contribution in [0.25, 0.3) is 5.57 Å². The van der Waals surface area contributed by atoms with Crippen LogP contribution in [0, 0.1) is 0 Å². The zero-order chi connectivity index (χ0) is 48.8. The molecule has 1 fully saturated rings. The van der Waals surface area contributed by atoms with Crippen molar-refractivity contribution in [3.05, 3.63) is 66.0 Å². The summed E-state index contributed by atoms with van der Waals surface area (Å²) in [6.07, 6.45) is 73.0. The molecule has 1 aliphatic heterocycles. The van der Waals surface area contributed by atoms with E-state index in [-0.39, 0.29) is 0 Å². The maximum absolute atomic E-state index is 6.41. The molecule has 2 heterocycles. The van der Waals surface area contributed by atoms with E-state index in [4.69, 9.17) is 19.2 Å². The zero-order valence-electron chi connectivity index (χ0n) is 46.1. The van der Waals surface area contributed by atoms with Gasteiger partial charge >= 0.3 is 0 Å². The third kappa shape index (κ3) is 32.8. The van der Waals surface area contributed by atoms with E-state index in [1.807, 2.05) is 12.3 Å². The van der Waals surface area contributed by atoms with E-state index in [0.29, 0.717) is 19.8 Å². The second-order valence-electron chi connectivity index (χ2n) is 22.5.